The average molecular weight is 255 g/mol. The van der Waals surface area contributed by atoms with Gasteiger partial charge in [0.25, 0.3) is 0 Å². The van der Waals surface area contributed by atoms with Crippen molar-refractivity contribution in [2.75, 3.05) is 0 Å². The van der Waals surface area contributed by atoms with Crippen molar-refractivity contribution in [1.82, 2.24) is 25.1 Å². The maximum Gasteiger partial charge on any atom is 0.419 e. The highest BCUT2D eigenvalue weighted by Crippen LogP contribution is 2.27. The first-order valence-electron chi connectivity index (χ1n) is 4.86. The molecular weight excluding hydrogens is 247 g/mol. The summed E-state index contributed by atoms with van der Waals surface area (Å²) in [7, 11) is 0. The van der Waals surface area contributed by atoms with Gasteiger partial charge in [0.1, 0.15) is 12.0 Å². The Kier molecular flexibility index (Phi) is 3.26. The molecule has 0 aliphatic carbocycles. The molecule has 0 unspecified atom stereocenters. The van der Waals surface area contributed by atoms with Crippen molar-refractivity contribution in [3.05, 3.63) is 42.7 Å². The summed E-state index contributed by atoms with van der Waals surface area (Å²) in [4.78, 5) is 10.8. The van der Waals surface area contributed by atoms with E-state index in [1.165, 1.54) is 6.33 Å². The van der Waals surface area contributed by atoms with E-state index in [2.05, 4.69) is 25.1 Å². The molecular formula is C10H8F3N5. The molecule has 0 aliphatic heterocycles. The quantitative estimate of drug-likeness (QED) is 0.648. The summed E-state index contributed by atoms with van der Waals surface area (Å²) in [6, 6.07) is 1.94. The van der Waals surface area contributed by atoms with Crippen LogP contribution in [0.15, 0.2) is 37.2 Å². The molecule has 0 atom stereocenters. The van der Waals surface area contributed by atoms with E-state index < -0.39 is 11.7 Å². The van der Waals surface area contributed by atoms with Crippen molar-refractivity contribution >= 4 is 11.0 Å². The van der Waals surface area contributed by atoms with E-state index in [4.69, 9.17) is 0 Å². The first kappa shape index (κ1) is 12.1. The minimum absolute atomic E-state index is 0.736. The summed E-state index contributed by atoms with van der Waals surface area (Å²) in [6.45, 7) is 0. The number of aromatic amines is 2. The molecule has 2 N–H and O–H groups in total. The Morgan fingerprint density at radius 1 is 1.17 bits per heavy atom. The first-order valence-corrected chi connectivity index (χ1v) is 4.86. The van der Waals surface area contributed by atoms with Crippen LogP contribution in [-0.2, 0) is 6.18 Å². The van der Waals surface area contributed by atoms with Gasteiger partial charge >= 0.3 is 6.18 Å². The van der Waals surface area contributed by atoms with Crippen LogP contribution in [0, 0.1) is 0 Å². The van der Waals surface area contributed by atoms with E-state index in [0.29, 0.717) is 0 Å². The Morgan fingerprint density at radius 2 is 2.00 bits per heavy atom. The van der Waals surface area contributed by atoms with Gasteiger partial charge in [-0.2, -0.15) is 18.3 Å². The van der Waals surface area contributed by atoms with Crippen LogP contribution in [0.4, 0.5) is 13.2 Å². The second kappa shape index (κ2) is 4.86. The number of aromatic nitrogens is 5. The fourth-order valence-corrected chi connectivity index (χ4v) is 1.20. The Hall–Kier alpha value is -2.38. The van der Waals surface area contributed by atoms with E-state index in [0.717, 1.165) is 23.4 Å². The van der Waals surface area contributed by atoms with E-state index in [-0.39, 0.29) is 0 Å². The van der Waals surface area contributed by atoms with Gasteiger partial charge in [-0.3, -0.25) is 5.10 Å². The number of rotatable bonds is 0. The molecule has 0 radical (unpaired) electrons. The van der Waals surface area contributed by atoms with Crippen LogP contribution < -0.4 is 0 Å². The standard InChI is InChI=1S/C6H5N3.C4H3F3N2/c1-2-8-6-5(1)3-7-4-9-6;5-4(6,7)3-1-8-9-2-3/h1-4H,(H,7,8,9);1-2H,(H,8,9). The van der Waals surface area contributed by atoms with Crippen LogP contribution in [0.2, 0.25) is 0 Å². The molecule has 0 aliphatic rings. The summed E-state index contributed by atoms with van der Waals surface area (Å²) in [5.74, 6) is 0. The third-order valence-electron chi connectivity index (χ3n) is 2.05. The lowest BCUT2D eigenvalue weighted by molar-refractivity contribution is -0.137. The van der Waals surface area contributed by atoms with Gasteiger partial charge in [0.2, 0.25) is 0 Å². The summed E-state index contributed by atoms with van der Waals surface area (Å²) >= 11 is 0. The molecule has 0 aromatic carbocycles. The smallest absolute Gasteiger partial charge is 0.346 e. The number of H-pyrrole nitrogens is 2. The van der Waals surface area contributed by atoms with Gasteiger partial charge in [0.05, 0.1) is 11.8 Å². The summed E-state index contributed by atoms with van der Waals surface area (Å²) in [5.41, 5.74) is 0.146. The molecule has 0 fully saturated rings. The number of halogens is 3. The lowest BCUT2D eigenvalue weighted by atomic mass is 10.4. The minimum Gasteiger partial charge on any atom is -0.346 e. The molecule has 18 heavy (non-hydrogen) atoms. The number of fused-ring (bicyclic) bond motifs is 1. The summed E-state index contributed by atoms with van der Waals surface area (Å²) < 4.78 is 34.7. The van der Waals surface area contributed by atoms with Crippen LogP contribution >= 0.6 is 0 Å². The highest BCUT2D eigenvalue weighted by Gasteiger charge is 2.31. The molecule has 0 spiro atoms. The molecule has 0 saturated heterocycles. The van der Waals surface area contributed by atoms with Crippen molar-refractivity contribution in [2.45, 2.75) is 6.18 Å². The van der Waals surface area contributed by atoms with Gasteiger partial charge in [-0.05, 0) is 6.07 Å². The number of nitrogens with one attached hydrogen (secondary N) is 2. The summed E-state index contributed by atoms with van der Waals surface area (Å²) in [5, 5.41) is 6.26. The molecule has 8 heteroatoms. The van der Waals surface area contributed by atoms with Crippen molar-refractivity contribution in [1.29, 1.82) is 0 Å². The second-order valence-electron chi connectivity index (χ2n) is 3.29. The first-order chi connectivity index (χ1) is 8.57. The molecule has 0 saturated carbocycles. The third-order valence-corrected chi connectivity index (χ3v) is 2.05. The Balaban J connectivity index is 0.000000134. The molecule has 3 rings (SSSR count). The maximum atomic E-state index is 11.6. The van der Waals surface area contributed by atoms with Gasteiger partial charge in [-0.25, -0.2) is 9.97 Å². The number of hydrogen-bond acceptors (Lipinski definition) is 3. The lowest BCUT2D eigenvalue weighted by Crippen LogP contribution is -2.01. The fourth-order valence-electron chi connectivity index (χ4n) is 1.20. The third kappa shape index (κ3) is 2.84. The average Bonchev–Trinajstić information content (AvgIpc) is 3.00. The predicted molar refractivity (Wildman–Crippen MR) is 57.5 cm³/mol. The van der Waals surface area contributed by atoms with Crippen molar-refractivity contribution in [3.8, 4) is 0 Å². The zero-order chi connectivity index (χ0) is 13.0. The van der Waals surface area contributed by atoms with E-state index in [1.54, 1.807) is 6.20 Å². The van der Waals surface area contributed by atoms with Gasteiger partial charge in [-0.15, -0.1) is 0 Å². The SMILES string of the molecule is FC(F)(F)c1cn[nH]c1.c1ncc2cc[nH]c2n1. The topological polar surface area (TPSA) is 70.2 Å². The van der Waals surface area contributed by atoms with Crippen LogP contribution in [0.3, 0.4) is 0 Å². The van der Waals surface area contributed by atoms with Gasteiger partial charge in [0, 0.05) is 24.0 Å². The molecule has 3 aromatic rings. The second-order valence-corrected chi connectivity index (χ2v) is 3.29. The number of hydrogen-bond donors (Lipinski definition) is 2. The molecule has 94 valence electrons. The highest BCUT2D eigenvalue weighted by atomic mass is 19.4. The monoisotopic (exact) mass is 255 g/mol. The minimum atomic E-state index is -4.27. The maximum absolute atomic E-state index is 11.6. The van der Waals surface area contributed by atoms with Gasteiger partial charge in [-0.1, -0.05) is 0 Å². The molecule has 5 nitrogen and oxygen atoms in total. The predicted octanol–water partition coefficient (Wildman–Crippen LogP) is 2.39. The van der Waals surface area contributed by atoms with Gasteiger partial charge < -0.3 is 4.98 Å². The fraction of sp³-hybridized carbons (Fsp3) is 0.100. The molecule has 0 amide bonds. The van der Waals surface area contributed by atoms with E-state index in [9.17, 15) is 13.2 Å². The van der Waals surface area contributed by atoms with E-state index in [1.807, 2.05) is 12.3 Å². The zero-order valence-corrected chi connectivity index (χ0v) is 8.94. The van der Waals surface area contributed by atoms with Gasteiger partial charge in [0.15, 0.2) is 0 Å². The Morgan fingerprint density at radius 3 is 2.56 bits per heavy atom. The summed E-state index contributed by atoms with van der Waals surface area (Å²) in [6.07, 6.45) is 2.42. The lowest BCUT2D eigenvalue weighted by Gasteiger charge is -1.98. The van der Waals surface area contributed by atoms with E-state index >= 15 is 0 Å². The van der Waals surface area contributed by atoms with Crippen molar-refractivity contribution in [3.63, 3.8) is 0 Å². The molecule has 0 bridgehead atoms. The largest absolute Gasteiger partial charge is 0.419 e. The van der Waals surface area contributed by atoms with Crippen LogP contribution in [0.25, 0.3) is 11.0 Å². The van der Waals surface area contributed by atoms with Crippen LogP contribution in [0.1, 0.15) is 5.56 Å². The van der Waals surface area contributed by atoms with Crippen molar-refractivity contribution in [2.24, 2.45) is 0 Å². The molecule has 3 aromatic heterocycles. The number of nitrogens with zero attached hydrogens (tertiary/aromatic N) is 3. The number of alkyl halides is 3. The Bertz CT molecular complexity index is 569. The molecule has 3 heterocycles. The normalized spacial score (nSPS) is 11.1. The van der Waals surface area contributed by atoms with Crippen LogP contribution in [-0.4, -0.2) is 25.1 Å². The highest BCUT2D eigenvalue weighted by molar-refractivity contribution is 5.73. The van der Waals surface area contributed by atoms with Crippen LogP contribution in [0.5, 0.6) is 0 Å². The van der Waals surface area contributed by atoms with Crippen molar-refractivity contribution < 1.29 is 13.2 Å². The zero-order valence-electron chi connectivity index (χ0n) is 8.94. The Labute approximate surface area is 99.1 Å².